The van der Waals surface area contributed by atoms with Crippen molar-refractivity contribution in [3.05, 3.63) is 34.6 Å². The fraction of sp³-hybridized carbons (Fsp3) is 0.600. The van der Waals surface area contributed by atoms with Gasteiger partial charge in [-0.15, -0.1) is 0 Å². The number of benzene rings is 1. The summed E-state index contributed by atoms with van der Waals surface area (Å²) in [5, 5.41) is 3.30. The minimum Gasteiger partial charge on any atom is -0.374 e. The first-order valence-electron chi connectivity index (χ1n) is 7.13. The Hall–Kier alpha value is -0.680. The summed E-state index contributed by atoms with van der Waals surface area (Å²) < 4.78 is 20.2. The quantitative estimate of drug-likeness (QED) is 0.905. The summed E-state index contributed by atoms with van der Waals surface area (Å²) in [6, 6.07) is 5.11. The third-order valence-electron chi connectivity index (χ3n) is 3.67. The molecule has 0 saturated carbocycles. The number of hydrogen-bond donors (Lipinski definition) is 1. The molecule has 0 bridgehead atoms. The van der Waals surface area contributed by atoms with Gasteiger partial charge in [0.05, 0.1) is 23.8 Å². The second kappa shape index (κ2) is 7.36. The van der Waals surface area contributed by atoms with Gasteiger partial charge in [-0.3, -0.25) is 4.90 Å². The van der Waals surface area contributed by atoms with Gasteiger partial charge in [-0.05, 0) is 26.1 Å². The van der Waals surface area contributed by atoms with Crippen LogP contribution in [0.3, 0.4) is 0 Å². The van der Waals surface area contributed by atoms with E-state index in [9.17, 15) is 4.39 Å². The fourth-order valence-corrected chi connectivity index (χ4v) is 3.02. The van der Waals surface area contributed by atoms with Crippen molar-refractivity contribution in [1.82, 2.24) is 10.2 Å². The SMILES string of the molecule is CCCN1CCOC(CNC)C1c1cccc(Cl)c1F. The molecule has 1 aliphatic heterocycles. The van der Waals surface area contributed by atoms with Crippen LogP contribution in [-0.2, 0) is 4.74 Å². The summed E-state index contributed by atoms with van der Waals surface area (Å²) in [4.78, 5) is 2.29. The summed E-state index contributed by atoms with van der Waals surface area (Å²) in [5.41, 5.74) is 0.630. The van der Waals surface area contributed by atoms with Gasteiger partial charge in [0.1, 0.15) is 5.82 Å². The van der Waals surface area contributed by atoms with Crippen LogP contribution in [0, 0.1) is 5.82 Å². The van der Waals surface area contributed by atoms with Crippen LogP contribution in [0.25, 0.3) is 0 Å². The smallest absolute Gasteiger partial charge is 0.146 e. The van der Waals surface area contributed by atoms with E-state index < -0.39 is 0 Å². The van der Waals surface area contributed by atoms with Crippen molar-refractivity contribution in [3.8, 4) is 0 Å². The molecule has 1 saturated heterocycles. The fourth-order valence-electron chi connectivity index (χ4n) is 2.84. The van der Waals surface area contributed by atoms with Crippen molar-refractivity contribution in [3.63, 3.8) is 0 Å². The standard InChI is InChI=1S/C15H22ClFN2O/c1-3-7-19-8-9-20-13(10-18-2)15(19)11-5-4-6-12(16)14(11)17/h4-6,13,15,18H,3,7-10H2,1-2H3. The van der Waals surface area contributed by atoms with E-state index >= 15 is 0 Å². The third kappa shape index (κ3) is 3.31. The molecule has 1 heterocycles. The summed E-state index contributed by atoms with van der Waals surface area (Å²) in [5.74, 6) is -0.327. The van der Waals surface area contributed by atoms with Gasteiger partial charge in [-0.25, -0.2) is 4.39 Å². The lowest BCUT2D eigenvalue weighted by Gasteiger charge is -2.41. The Kier molecular flexibility index (Phi) is 5.78. The predicted molar refractivity (Wildman–Crippen MR) is 79.7 cm³/mol. The van der Waals surface area contributed by atoms with E-state index in [-0.39, 0.29) is 23.0 Å². The zero-order valence-electron chi connectivity index (χ0n) is 12.0. The van der Waals surface area contributed by atoms with E-state index in [1.165, 1.54) is 0 Å². The molecule has 0 spiro atoms. The van der Waals surface area contributed by atoms with Crippen molar-refractivity contribution in [1.29, 1.82) is 0 Å². The van der Waals surface area contributed by atoms with Gasteiger partial charge < -0.3 is 10.1 Å². The van der Waals surface area contributed by atoms with Crippen molar-refractivity contribution in [2.75, 3.05) is 33.3 Å². The van der Waals surface area contributed by atoms with Gasteiger partial charge in [-0.2, -0.15) is 0 Å². The number of halogens is 2. The number of nitrogens with zero attached hydrogens (tertiary/aromatic N) is 1. The van der Waals surface area contributed by atoms with Gasteiger partial charge in [-0.1, -0.05) is 30.7 Å². The molecule has 1 N–H and O–H groups in total. The summed E-state index contributed by atoms with van der Waals surface area (Å²) in [6.07, 6.45) is 0.971. The van der Waals surface area contributed by atoms with Gasteiger partial charge in [0.15, 0.2) is 0 Å². The molecule has 0 radical (unpaired) electrons. The molecule has 0 aromatic heterocycles. The summed E-state index contributed by atoms with van der Waals surface area (Å²) in [6.45, 7) is 5.26. The topological polar surface area (TPSA) is 24.5 Å². The van der Waals surface area contributed by atoms with E-state index in [4.69, 9.17) is 16.3 Å². The van der Waals surface area contributed by atoms with Gasteiger partial charge in [0.2, 0.25) is 0 Å². The van der Waals surface area contributed by atoms with Crippen LogP contribution in [0.15, 0.2) is 18.2 Å². The first-order chi connectivity index (χ1) is 9.69. The second-order valence-corrected chi connectivity index (χ2v) is 5.50. The highest BCUT2D eigenvalue weighted by molar-refractivity contribution is 6.30. The first-order valence-corrected chi connectivity index (χ1v) is 7.51. The van der Waals surface area contributed by atoms with Crippen molar-refractivity contribution in [2.45, 2.75) is 25.5 Å². The lowest BCUT2D eigenvalue weighted by atomic mass is 9.97. The van der Waals surface area contributed by atoms with Crippen molar-refractivity contribution < 1.29 is 9.13 Å². The molecule has 1 aromatic rings. The third-order valence-corrected chi connectivity index (χ3v) is 3.96. The molecular formula is C15H22ClFN2O. The van der Waals surface area contributed by atoms with Crippen LogP contribution in [0.1, 0.15) is 24.9 Å². The Morgan fingerprint density at radius 1 is 1.50 bits per heavy atom. The van der Waals surface area contributed by atoms with Crippen LogP contribution in [0.2, 0.25) is 5.02 Å². The lowest BCUT2D eigenvalue weighted by molar-refractivity contribution is -0.0714. The Morgan fingerprint density at radius 2 is 2.30 bits per heavy atom. The Bertz CT molecular complexity index is 426. The summed E-state index contributed by atoms with van der Waals surface area (Å²) in [7, 11) is 1.88. The van der Waals surface area contributed by atoms with Gasteiger partial charge >= 0.3 is 0 Å². The number of rotatable bonds is 5. The molecule has 2 atom stereocenters. The second-order valence-electron chi connectivity index (χ2n) is 5.09. The first kappa shape index (κ1) is 15.7. The molecule has 1 fully saturated rings. The Labute approximate surface area is 125 Å². The van der Waals surface area contributed by atoms with E-state index in [0.717, 1.165) is 19.5 Å². The highest BCUT2D eigenvalue weighted by Crippen LogP contribution is 2.33. The van der Waals surface area contributed by atoms with E-state index in [0.29, 0.717) is 18.7 Å². The molecular weight excluding hydrogens is 279 g/mol. The zero-order valence-corrected chi connectivity index (χ0v) is 12.8. The average molecular weight is 301 g/mol. The molecule has 2 rings (SSSR count). The maximum Gasteiger partial charge on any atom is 0.146 e. The molecule has 3 nitrogen and oxygen atoms in total. The molecule has 2 unspecified atom stereocenters. The van der Waals surface area contributed by atoms with E-state index in [1.807, 2.05) is 13.1 Å². The number of ether oxygens (including phenoxy) is 1. The highest BCUT2D eigenvalue weighted by atomic mass is 35.5. The predicted octanol–water partition coefficient (Wildman–Crippen LogP) is 2.85. The number of nitrogens with one attached hydrogen (secondary N) is 1. The molecule has 1 aromatic carbocycles. The lowest BCUT2D eigenvalue weighted by Crippen LogP contribution is -2.49. The molecule has 112 valence electrons. The normalized spacial score (nSPS) is 24.0. The van der Waals surface area contributed by atoms with Crippen molar-refractivity contribution in [2.24, 2.45) is 0 Å². The van der Waals surface area contributed by atoms with Gasteiger partial charge in [0, 0.05) is 18.7 Å². The highest BCUT2D eigenvalue weighted by Gasteiger charge is 2.34. The van der Waals surface area contributed by atoms with Crippen LogP contribution in [0.4, 0.5) is 4.39 Å². The van der Waals surface area contributed by atoms with Crippen LogP contribution in [0.5, 0.6) is 0 Å². The minimum atomic E-state index is -0.327. The maximum atomic E-state index is 14.4. The number of hydrogen-bond acceptors (Lipinski definition) is 3. The Morgan fingerprint density at radius 3 is 3.00 bits per heavy atom. The largest absolute Gasteiger partial charge is 0.374 e. The van der Waals surface area contributed by atoms with Gasteiger partial charge in [0.25, 0.3) is 0 Å². The number of morpholine rings is 1. The van der Waals surface area contributed by atoms with E-state index in [2.05, 4.69) is 17.1 Å². The zero-order chi connectivity index (χ0) is 14.5. The molecule has 1 aliphatic rings. The monoisotopic (exact) mass is 300 g/mol. The summed E-state index contributed by atoms with van der Waals surface area (Å²) >= 11 is 5.93. The van der Waals surface area contributed by atoms with E-state index in [1.54, 1.807) is 12.1 Å². The molecule has 5 heteroatoms. The molecule has 0 aliphatic carbocycles. The maximum absolute atomic E-state index is 14.4. The van der Waals surface area contributed by atoms with Crippen LogP contribution >= 0.6 is 11.6 Å². The van der Waals surface area contributed by atoms with Crippen molar-refractivity contribution >= 4 is 11.6 Å². The molecule has 0 amide bonds. The average Bonchev–Trinajstić information content (AvgIpc) is 2.44. The van der Waals surface area contributed by atoms with Crippen LogP contribution < -0.4 is 5.32 Å². The minimum absolute atomic E-state index is 0.0618. The molecule has 20 heavy (non-hydrogen) atoms. The van der Waals surface area contributed by atoms with Crippen LogP contribution in [-0.4, -0.2) is 44.3 Å². The number of likely N-dealkylation sites (N-methyl/N-ethyl adjacent to an activating group) is 1. The Balaban J connectivity index is 2.35.